The normalized spacial score (nSPS) is 20.4. The minimum atomic E-state index is -0.725. The highest BCUT2D eigenvalue weighted by Crippen LogP contribution is 2.25. The summed E-state index contributed by atoms with van der Waals surface area (Å²) in [6.45, 7) is 3.00. The molecule has 2 aliphatic heterocycles. The molecule has 0 aromatic carbocycles. The van der Waals surface area contributed by atoms with Crippen LogP contribution in [-0.2, 0) is 17.8 Å². The lowest BCUT2D eigenvalue weighted by Gasteiger charge is -2.37. The third kappa shape index (κ3) is 1.92. The topological polar surface area (TPSA) is 69.6 Å². The van der Waals surface area contributed by atoms with Crippen molar-refractivity contribution in [2.75, 3.05) is 31.6 Å². The van der Waals surface area contributed by atoms with Crippen molar-refractivity contribution < 1.29 is 9.90 Å². The zero-order chi connectivity index (χ0) is 12.7. The quantitative estimate of drug-likeness (QED) is 0.793. The highest BCUT2D eigenvalue weighted by Gasteiger charge is 2.34. The summed E-state index contributed by atoms with van der Waals surface area (Å²) in [6, 6.07) is 2.05. The van der Waals surface area contributed by atoms with Crippen LogP contribution < -0.4 is 4.90 Å². The molecule has 3 heterocycles. The molecule has 96 valence electrons. The number of nitrogens with zero attached hydrogens (tertiary/aromatic N) is 4. The molecule has 1 aromatic rings. The fourth-order valence-corrected chi connectivity index (χ4v) is 2.43. The second-order valence-electron chi connectivity index (χ2n) is 5.10. The van der Waals surface area contributed by atoms with Gasteiger partial charge in [-0.25, -0.2) is 0 Å². The number of rotatable bonds is 2. The Morgan fingerprint density at radius 2 is 2.22 bits per heavy atom. The summed E-state index contributed by atoms with van der Waals surface area (Å²) in [5, 5.41) is 17.3. The highest BCUT2D eigenvalue weighted by atomic mass is 16.4. The Hall–Kier alpha value is -1.69. The first-order valence-electron chi connectivity index (χ1n) is 6.15. The Morgan fingerprint density at radius 3 is 2.94 bits per heavy atom. The Labute approximate surface area is 105 Å². The lowest BCUT2D eigenvalue weighted by atomic mass is 10.00. The van der Waals surface area contributed by atoms with Gasteiger partial charge in [0, 0.05) is 32.6 Å². The first-order valence-corrected chi connectivity index (χ1v) is 6.15. The molecule has 0 radical (unpaired) electrons. The van der Waals surface area contributed by atoms with E-state index in [4.69, 9.17) is 5.11 Å². The number of fused-ring (bicyclic) bond motifs is 1. The molecule has 0 bridgehead atoms. The summed E-state index contributed by atoms with van der Waals surface area (Å²) < 4.78 is 0. The summed E-state index contributed by atoms with van der Waals surface area (Å²) in [5.74, 6) is -0.177. The molecule has 18 heavy (non-hydrogen) atoms. The predicted octanol–water partition coefficient (Wildman–Crippen LogP) is -0.0147. The molecular weight excluding hydrogens is 232 g/mol. The SMILES string of the molecule is CN1CCc2nnc(N3CC(C(=O)O)C3)cc2C1. The molecule has 6 nitrogen and oxygen atoms in total. The van der Waals surface area contributed by atoms with E-state index in [9.17, 15) is 4.79 Å². The largest absolute Gasteiger partial charge is 0.481 e. The van der Waals surface area contributed by atoms with Gasteiger partial charge < -0.3 is 14.9 Å². The molecule has 1 saturated heterocycles. The van der Waals surface area contributed by atoms with Crippen LogP contribution in [0.3, 0.4) is 0 Å². The molecule has 1 fully saturated rings. The number of carboxylic acid groups (broad SMARTS) is 1. The number of likely N-dealkylation sites (N-methyl/N-ethyl adjacent to an activating group) is 1. The number of carbonyl (C=O) groups is 1. The highest BCUT2D eigenvalue weighted by molar-refractivity contribution is 5.74. The first kappa shape index (κ1) is 11.4. The number of hydrogen-bond acceptors (Lipinski definition) is 5. The number of hydrogen-bond donors (Lipinski definition) is 1. The minimum Gasteiger partial charge on any atom is -0.481 e. The van der Waals surface area contributed by atoms with E-state index in [0.29, 0.717) is 13.1 Å². The fourth-order valence-electron chi connectivity index (χ4n) is 2.43. The molecule has 0 amide bonds. The van der Waals surface area contributed by atoms with Gasteiger partial charge in [-0.3, -0.25) is 4.79 Å². The molecule has 0 aliphatic carbocycles. The maximum absolute atomic E-state index is 10.8. The van der Waals surface area contributed by atoms with Crippen LogP contribution in [0.1, 0.15) is 11.3 Å². The van der Waals surface area contributed by atoms with Crippen molar-refractivity contribution in [1.82, 2.24) is 15.1 Å². The smallest absolute Gasteiger partial charge is 0.310 e. The Morgan fingerprint density at radius 1 is 1.44 bits per heavy atom. The van der Waals surface area contributed by atoms with Gasteiger partial charge in [0.2, 0.25) is 0 Å². The lowest BCUT2D eigenvalue weighted by Crippen LogP contribution is -2.51. The van der Waals surface area contributed by atoms with Crippen LogP contribution in [-0.4, -0.2) is 52.9 Å². The zero-order valence-corrected chi connectivity index (χ0v) is 10.3. The second kappa shape index (κ2) is 4.20. The average molecular weight is 248 g/mol. The Kier molecular flexibility index (Phi) is 2.66. The molecule has 0 saturated carbocycles. The van der Waals surface area contributed by atoms with E-state index < -0.39 is 5.97 Å². The standard InChI is InChI=1S/C12H16N4O2/c1-15-3-2-10-8(5-15)4-11(14-13-10)16-6-9(7-16)12(17)18/h4,9H,2-3,5-7H2,1H3,(H,17,18). The molecule has 0 unspecified atom stereocenters. The third-order valence-electron chi connectivity index (χ3n) is 3.67. The van der Waals surface area contributed by atoms with Crippen LogP contribution in [0.5, 0.6) is 0 Å². The van der Waals surface area contributed by atoms with Gasteiger partial charge in [-0.15, -0.1) is 5.10 Å². The average Bonchev–Trinajstić information content (AvgIpc) is 2.25. The second-order valence-corrected chi connectivity index (χ2v) is 5.10. The van der Waals surface area contributed by atoms with Crippen LogP contribution in [0, 0.1) is 5.92 Å². The van der Waals surface area contributed by atoms with Gasteiger partial charge in [0.15, 0.2) is 5.82 Å². The fraction of sp³-hybridized carbons (Fsp3) is 0.583. The molecule has 3 rings (SSSR count). The summed E-state index contributed by atoms with van der Waals surface area (Å²) in [4.78, 5) is 15.0. The van der Waals surface area contributed by atoms with Crippen molar-refractivity contribution in [1.29, 1.82) is 0 Å². The van der Waals surface area contributed by atoms with Crippen molar-refractivity contribution in [2.24, 2.45) is 5.92 Å². The van der Waals surface area contributed by atoms with Crippen LogP contribution in [0.2, 0.25) is 0 Å². The van der Waals surface area contributed by atoms with Gasteiger partial charge in [-0.1, -0.05) is 0 Å². The maximum Gasteiger partial charge on any atom is 0.310 e. The van der Waals surface area contributed by atoms with Gasteiger partial charge in [0.1, 0.15) is 0 Å². The zero-order valence-electron chi connectivity index (χ0n) is 10.3. The minimum absolute atomic E-state index is 0.259. The molecule has 2 aliphatic rings. The monoisotopic (exact) mass is 248 g/mol. The van der Waals surface area contributed by atoms with E-state index in [2.05, 4.69) is 28.2 Å². The molecule has 1 aromatic heterocycles. The van der Waals surface area contributed by atoms with Crippen LogP contribution in [0.4, 0.5) is 5.82 Å². The Balaban J connectivity index is 1.75. The van der Waals surface area contributed by atoms with E-state index in [1.165, 1.54) is 5.56 Å². The molecule has 0 spiro atoms. The van der Waals surface area contributed by atoms with Gasteiger partial charge >= 0.3 is 5.97 Å². The number of carboxylic acids is 1. The van der Waals surface area contributed by atoms with Crippen molar-refractivity contribution in [3.63, 3.8) is 0 Å². The van der Waals surface area contributed by atoms with Crippen molar-refractivity contribution in [2.45, 2.75) is 13.0 Å². The van der Waals surface area contributed by atoms with E-state index in [-0.39, 0.29) is 5.92 Å². The summed E-state index contributed by atoms with van der Waals surface area (Å²) in [7, 11) is 2.09. The molecule has 1 N–H and O–H groups in total. The maximum atomic E-state index is 10.8. The third-order valence-corrected chi connectivity index (χ3v) is 3.67. The first-order chi connectivity index (χ1) is 8.63. The van der Waals surface area contributed by atoms with Crippen molar-refractivity contribution in [3.05, 3.63) is 17.3 Å². The molecular formula is C12H16N4O2. The molecule has 0 atom stereocenters. The van der Waals surface area contributed by atoms with Crippen molar-refractivity contribution in [3.8, 4) is 0 Å². The van der Waals surface area contributed by atoms with Crippen LogP contribution in [0.15, 0.2) is 6.07 Å². The lowest BCUT2D eigenvalue weighted by molar-refractivity contribution is -0.142. The van der Waals surface area contributed by atoms with E-state index in [1.54, 1.807) is 0 Å². The van der Waals surface area contributed by atoms with E-state index >= 15 is 0 Å². The van der Waals surface area contributed by atoms with Crippen LogP contribution in [0.25, 0.3) is 0 Å². The summed E-state index contributed by atoms with van der Waals surface area (Å²) >= 11 is 0. The van der Waals surface area contributed by atoms with Gasteiger partial charge in [0.25, 0.3) is 0 Å². The van der Waals surface area contributed by atoms with Crippen molar-refractivity contribution >= 4 is 11.8 Å². The number of anilines is 1. The van der Waals surface area contributed by atoms with E-state index in [0.717, 1.165) is 31.0 Å². The number of aliphatic carboxylic acids is 1. The predicted molar refractivity (Wildman–Crippen MR) is 65.4 cm³/mol. The van der Waals surface area contributed by atoms with Crippen LogP contribution >= 0.6 is 0 Å². The summed E-state index contributed by atoms with van der Waals surface area (Å²) in [6.07, 6.45) is 0.941. The van der Waals surface area contributed by atoms with Gasteiger partial charge in [0.05, 0.1) is 11.6 Å². The van der Waals surface area contributed by atoms with E-state index in [1.807, 2.05) is 4.90 Å². The summed E-state index contributed by atoms with van der Waals surface area (Å²) in [5.41, 5.74) is 2.29. The number of aromatic nitrogens is 2. The molecule has 6 heteroatoms. The van der Waals surface area contributed by atoms with Gasteiger partial charge in [-0.2, -0.15) is 5.10 Å². The van der Waals surface area contributed by atoms with Gasteiger partial charge in [-0.05, 0) is 18.7 Å². The Bertz CT molecular complexity index is 485.